The standard InChI is InChI=1S/C13H12N4S/c1-9(13-16-6-7-18-13)17-10-2-3-11-12(8-10)15-5-4-14-11/h2-9,17H,1H3. The third-order valence-electron chi connectivity index (χ3n) is 2.67. The lowest BCUT2D eigenvalue weighted by Crippen LogP contribution is -2.06. The van der Waals surface area contributed by atoms with Crippen LogP contribution in [0.15, 0.2) is 42.2 Å². The lowest BCUT2D eigenvalue weighted by Gasteiger charge is -2.12. The summed E-state index contributed by atoms with van der Waals surface area (Å²) >= 11 is 1.65. The number of fused-ring (bicyclic) bond motifs is 1. The van der Waals surface area contributed by atoms with Crippen molar-refractivity contribution < 1.29 is 0 Å². The highest BCUT2D eigenvalue weighted by atomic mass is 32.1. The Kier molecular flexibility index (Phi) is 2.90. The van der Waals surface area contributed by atoms with E-state index in [0.717, 1.165) is 21.7 Å². The average Bonchev–Trinajstić information content (AvgIpc) is 2.92. The second kappa shape index (κ2) is 4.70. The summed E-state index contributed by atoms with van der Waals surface area (Å²) in [5, 5.41) is 6.48. The first-order valence-corrected chi connectivity index (χ1v) is 6.57. The van der Waals surface area contributed by atoms with Crippen molar-refractivity contribution in [2.24, 2.45) is 0 Å². The van der Waals surface area contributed by atoms with E-state index in [9.17, 15) is 0 Å². The maximum absolute atomic E-state index is 4.30. The van der Waals surface area contributed by atoms with E-state index < -0.39 is 0 Å². The van der Waals surface area contributed by atoms with Gasteiger partial charge in [-0.3, -0.25) is 9.97 Å². The molecular formula is C13H12N4S. The van der Waals surface area contributed by atoms with Crippen molar-refractivity contribution in [3.05, 3.63) is 47.2 Å². The number of thiazole rings is 1. The monoisotopic (exact) mass is 256 g/mol. The van der Waals surface area contributed by atoms with Gasteiger partial charge in [-0.2, -0.15) is 0 Å². The fourth-order valence-electron chi connectivity index (χ4n) is 1.81. The van der Waals surface area contributed by atoms with E-state index in [1.807, 2.05) is 29.8 Å². The molecule has 0 aliphatic heterocycles. The zero-order valence-electron chi connectivity index (χ0n) is 9.87. The van der Waals surface area contributed by atoms with Crippen molar-refractivity contribution in [3.8, 4) is 0 Å². The van der Waals surface area contributed by atoms with Gasteiger partial charge in [-0.15, -0.1) is 11.3 Å². The Labute approximate surface area is 109 Å². The number of nitrogens with zero attached hydrogens (tertiary/aromatic N) is 3. The van der Waals surface area contributed by atoms with Crippen LogP contribution in [0.2, 0.25) is 0 Å². The second-order valence-corrected chi connectivity index (χ2v) is 4.92. The van der Waals surface area contributed by atoms with Gasteiger partial charge >= 0.3 is 0 Å². The SMILES string of the molecule is CC(Nc1ccc2nccnc2c1)c1nccs1. The molecule has 90 valence electrons. The Balaban J connectivity index is 1.86. The van der Waals surface area contributed by atoms with Crippen LogP contribution in [-0.4, -0.2) is 15.0 Å². The molecule has 18 heavy (non-hydrogen) atoms. The molecule has 0 radical (unpaired) electrons. The largest absolute Gasteiger partial charge is 0.376 e. The molecule has 1 atom stereocenters. The van der Waals surface area contributed by atoms with Crippen molar-refractivity contribution in [3.63, 3.8) is 0 Å². The summed E-state index contributed by atoms with van der Waals surface area (Å²) in [7, 11) is 0. The van der Waals surface area contributed by atoms with Crippen LogP contribution in [-0.2, 0) is 0 Å². The molecule has 0 bridgehead atoms. The van der Waals surface area contributed by atoms with Crippen molar-refractivity contribution in [2.45, 2.75) is 13.0 Å². The molecule has 0 fully saturated rings. The Morgan fingerprint density at radius 1 is 1.06 bits per heavy atom. The predicted molar refractivity (Wildman–Crippen MR) is 73.7 cm³/mol. The van der Waals surface area contributed by atoms with E-state index in [4.69, 9.17) is 0 Å². The smallest absolute Gasteiger partial charge is 0.115 e. The van der Waals surface area contributed by atoms with Crippen LogP contribution in [0.25, 0.3) is 11.0 Å². The minimum Gasteiger partial charge on any atom is -0.376 e. The molecule has 0 spiro atoms. The van der Waals surface area contributed by atoms with Gasteiger partial charge in [0.1, 0.15) is 5.01 Å². The van der Waals surface area contributed by atoms with E-state index in [2.05, 4.69) is 27.2 Å². The van der Waals surface area contributed by atoms with E-state index in [0.29, 0.717) is 0 Å². The minimum atomic E-state index is 0.194. The van der Waals surface area contributed by atoms with Crippen LogP contribution < -0.4 is 5.32 Å². The number of hydrogen-bond acceptors (Lipinski definition) is 5. The van der Waals surface area contributed by atoms with Crippen LogP contribution >= 0.6 is 11.3 Å². The molecule has 4 nitrogen and oxygen atoms in total. The third kappa shape index (κ3) is 2.17. The van der Waals surface area contributed by atoms with E-state index in [1.165, 1.54) is 0 Å². The van der Waals surface area contributed by atoms with Crippen LogP contribution in [0.1, 0.15) is 18.0 Å². The molecule has 0 saturated heterocycles. The maximum Gasteiger partial charge on any atom is 0.115 e. The van der Waals surface area contributed by atoms with Gasteiger partial charge in [0, 0.05) is 29.7 Å². The molecule has 2 heterocycles. The number of aromatic nitrogens is 3. The quantitative estimate of drug-likeness (QED) is 0.781. The normalized spacial score (nSPS) is 12.5. The highest BCUT2D eigenvalue weighted by Crippen LogP contribution is 2.22. The summed E-state index contributed by atoms with van der Waals surface area (Å²) < 4.78 is 0. The Hall–Kier alpha value is -2.01. The average molecular weight is 256 g/mol. The maximum atomic E-state index is 4.30. The first kappa shape index (κ1) is 11.1. The molecule has 5 heteroatoms. The van der Waals surface area contributed by atoms with Crippen LogP contribution in [0.3, 0.4) is 0 Å². The minimum absolute atomic E-state index is 0.194. The molecule has 0 aliphatic carbocycles. The third-order valence-corrected chi connectivity index (χ3v) is 3.63. The van der Waals surface area contributed by atoms with Gasteiger partial charge in [0.15, 0.2) is 0 Å². The summed E-state index contributed by atoms with van der Waals surface area (Å²) in [6.45, 7) is 2.10. The molecular weight excluding hydrogens is 244 g/mol. The van der Waals surface area contributed by atoms with Gasteiger partial charge in [-0.1, -0.05) is 0 Å². The van der Waals surface area contributed by atoms with E-state index in [1.54, 1.807) is 23.7 Å². The number of hydrogen-bond donors (Lipinski definition) is 1. The molecule has 3 rings (SSSR count). The summed E-state index contributed by atoms with van der Waals surface area (Å²) in [4.78, 5) is 12.8. The van der Waals surface area contributed by atoms with Gasteiger partial charge in [0.05, 0.1) is 17.1 Å². The zero-order chi connectivity index (χ0) is 12.4. The first-order valence-electron chi connectivity index (χ1n) is 5.69. The number of nitrogens with one attached hydrogen (secondary N) is 1. The predicted octanol–water partition coefficient (Wildman–Crippen LogP) is 3.26. The van der Waals surface area contributed by atoms with Crippen LogP contribution in [0.4, 0.5) is 5.69 Å². The van der Waals surface area contributed by atoms with Gasteiger partial charge in [-0.25, -0.2) is 4.98 Å². The second-order valence-electron chi connectivity index (χ2n) is 4.00. The van der Waals surface area contributed by atoms with Crippen molar-refractivity contribution in [1.29, 1.82) is 0 Å². The zero-order valence-corrected chi connectivity index (χ0v) is 10.7. The van der Waals surface area contributed by atoms with E-state index in [-0.39, 0.29) is 6.04 Å². The number of benzene rings is 1. The lowest BCUT2D eigenvalue weighted by atomic mass is 10.2. The van der Waals surface area contributed by atoms with Gasteiger partial charge < -0.3 is 5.32 Å². The number of anilines is 1. The molecule has 3 aromatic rings. The molecule has 1 unspecified atom stereocenters. The fraction of sp³-hybridized carbons (Fsp3) is 0.154. The first-order chi connectivity index (χ1) is 8.83. The Bertz CT molecular complexity index is 651. The summed E-state index contributed by atoms with van der Waals surface area (Å²) in [6.07, 6.45) is 5.23. The molecule has 2 aromatic heterocycles. The van der Waals surface area contributed by atoms with Crippen molar-refractivity contribution >= 4 is 28.1 Å². The molecule has 1 N–H and O–H groups in total. The van der Waals surface area contributed by atoms with Crippen molar-refractivity contribution in [2.75, 3.05) is 5.32 Å². The Morgan fingerprint density at radius 2 is 1.89 bits per heavy atom. The highest BCUT2D eigenvalue weighted by molar-refractivity contribution is 7.09. The van der Waals surface area contributed by atoms with E-state index >= 15 is 0 Å². The highest BCUT2D eigenvalue weighted by Gasteiger charge is 2.08. The van der Waals surface area contributed by atoms with Gasteiger partial charge in [-0.05, 0) is 25.1 Å². The van der Waals surface area contributed by atoms with Crippen LogP contribution in [0, 0.1) is 0 Å². The lowest BCUT2D eigenvalue weighted by molar-refractivity contribution is 0.870. The summed E-state index contributed by atoms with van der Waals surface area (Å²) in [5.74, 6) is 0. The molecule has 0 saturated carbocycles. The van der Waals surface area contributed by atoms with Gasteiger partial charge in [0.2, 0.25) is 0 Å². The fourth-order valence-corrected chi connectivity index (χ4v) is 2.46. The van der Waals surface area contributed by atoms with Crippen molar-refractivity contribution in [1.82, 2.24) is 15.0 Å². The molecule has 1 aromatic carbocycles. The molecule has 0 aliphatic rings. The number of rotatable bonds is 3. The Morgan fingerprint density at radius 3 is 2.67 bits per heavy atom. The summed E-state index contributed by atoms with van der Waals surface area (Å²) in [5.41, 5.74) is 2.84. The topological polar surface area (TPSA) is 50.7 Å². The van der Waals surface area contributed by atoms with Gasteiger partial charge in [0.25, 0.3) is 0 Å². The molecule has 0 amide bonds. The van der Waals surface area contributed by atoms with Crippen LogP contribution in [0.5, 0.6) is 0 Å². The summed E-state index contributed by atoms with van der Waals surface area (Å²) in [6, 6.07) is 6.19.